The minimum absolute atomic E-state index is 0.799. The van der Waals surface area contributed by atoms with E-state index in [1.807, 2.05) is 30.5 Å². The summed E-state index contributed by atoms with van der Waals surface area (Å²) < 4.78 is 6.16. The molecule has 240 valence electrons. The molecule has 1 aliphatic heterocycles. The van der Waals surface area contributed by atoms with Crippen LogP contribution in [-0.4, -0.2) is 0 Å². The second kappa shape index (κ2) is 14.0. The molecule has 0 fully saturated rings. The molecule has 0 atom stereocenters. The second-order valence-corrected chi connectivity index (χ2v) is 12.6. The molecule has 0 amide bonds. The molecule has 0 spiro atoms. The maximum absolute atomic E-state index is 6.16. The molecule has 6 aromatic carbocycles. The van der Waals surface area contributed by atoms with Crippen LogP contribution in [0.5, 0.6) is 5.75 Å². The van der Waals surface area contributed by atoms with E-state index in [-0.39, 0.29) is 0 Å². The Bertz CT molecular complexity index is 2250. The van der Waals surface area contributed by atoms with Crippen molar-refractivity contribution in [1.29, 1.82) is 0 Å². The van der Waals surface area contributed by atoms with E-state index >= 15 is 0 Å². The lowest BCUT2D eigenvalue weighted by molar-refractivity contribution is 0.482. The molecule has 0 bridgehead atoms. The highest BCUT2D eigenvalue weighted by Crippen LogP contribution is 2.38. The highest BCUT2D eigenvalue weighted by Gasteiger charge is 2.15. The molecule has 8 rings (SSSR count). The fraction of sp³-hybridized carbons (Fsp3) is 0.0417. The topological polar surface area (TPSA) is 12.5 Å². The van der Waals surface area contributed by atoms with Crippen molar-refractivity contribution in [3.8, 4) is 28.0 Å². The summed E-state index contributed by atoms with van der Waals surface area (Å²) in [7, 11) is 0. The predicted molar refractivity (Wildman–Crippen MR) is 212 cm³/mol. The molecule has 2 heteroatoms. The van der Waals surface area contributed by atoms with E-state index in [2.05, 4.69) is 169 Å². The quantitative estimate of drug-likeness (QED) is 0.172. The summed E-state index contributed by atoms with van der Waals surface area (Å²) in [5.74, 6) is 0.799. The van der Waals surface area contributed by atoms with E-state index in [0.717, 1.165) is 69.1 Å². The van der Waals surface area contributed by atoms with E-state index in [9.17, 15) is 0 Å². The van der Waals surface area contributed by atoms with Gasteiger partial charge in [0, 0.05) is 28.2 Å². The van der Waals surface area contributed by atoms with Crippen LogP contribution >= 0.6 is 0 Å². The highest BCUT2D eigenvalue weighted by molar-refractivity contribution is 5.86. The van der Waals surface area contributed by atoms with Gasteiger partial charge in [-0.05, 0) is 106 Å². The van der Waals surface area contributed by atoms with Gasteiger partial charge in [0.25, 0.3) is 0 Å². The van der Waals surface area contributed by atoms with Crippen LogP contribution in [0.2, 0.25) is 0 Å². The van der Waals surface area contributed by atoms with Gasteiger partial charge in [0.15, 0.2) is 0 Å². The van der Waals surface area contributed by atoms with Gasteiger partial charge in [0.2, 0.25) is 0 Å². The molecule has 0 radical (unpaired) electrons. The summed E-state index contributed by atoms with van der Waals surface area (Å²) in [6.07, 6.45) is 14.8. The zero-order valence-electron chi connectivity index (χ0n) is 27.9. The van der Waals surface area contributed by atoms with Crippen LogP contribution < -0.4 is 9.64 Å². The largest absolute Gasteiger partial charge is 0.464 e. The van der Waals surface area contributed by atoms with E-state index in [4.69, 9.17) is 4.74 Å². The molecule has 2 aliphatic rings. The maximum atomic E-state index is 6.16. The number of rotatable bonds is 7. The Labute approximate surface area is 295 Å². The van der Waals surface area contributed by atoms with Gasteiger partial charge in [-0.15, -0.1) is 0 Å². The normalized spacial score (nSPS) is 15.4. The summed E-state index contributed by atoms with van der Waals surface area (Å²) in [6, 6.07) is 53.7. The third-order valence-electron chi connectivity index (χ3n) is 9.41. The number of anilines is 3. The Balaban J connectivity index is 1.03. The average molecular weight is 644 g/mol. The third kappa shape index (κ3) is 6.52. The van der Waals surface area contributed by atoms with Crippen molar-refractivity contribution in [1.82, 2.24) is 0 Å². The van der Waals surface area contributed by atoms with Gasteiger partial charge in [-0.3, -0.25) is 0 Å². The molecule has 0 unspecified atom stereocenters. The van der Waals surface area contributed by atoms with E-state index in [1.165, 1.54) is 22.3 Å². The minimum atomic E-state index is 0.799. The van der Waals surface area contributed by atoms with Crippen LogP contribution in [0.25, 0.3) is 39.0 Å². The van der Waals surface area contributed by atoms with Gasteiger partial charge in [-0.25, -0.2) is 0 Å². The number of hydrogen-bond acceptors (Lipinski definition) is 2. The molecule has 0 saturated heterocycles. The zero-order valence-corrected chi connectivity index (χ0v) is 27.9. The van der Waals surface area contributed by atoms with Gasteiger partial charge < -0.3 is 9.64 Å². The Morgan fingerprint density at radius 3 is 1.72 bits per heavy atom. The van der Waals surface area contributed by atoms with Crippen LogP contribution in [0, 0.1) is 0 Å². The fourth-order valence-electron chi connectivity index (χ4n) is 6.65. The molecule has 0 aromatic heterocycles. The van der Waals surface area contributed by atoms with E-state index in [0.29, 0.717) is 0 Å². The van der Waals surface area contributed by atoms with Crippen LogP contribution in [0.3, 0.4) is 0 Å². The molecule has 1 aliphatic carbocycles. The van der Waals surface area contributed by atoms with Crippen LogP contribution in [0.15, 0.2) is 195 Å². The first-order chi connectivity index (χ1) is 24.7. The van der Waals surface area contributed by atoms with Crippen LogP contribution in [-0.2, 0) is 0 Å². The molecule has 0 saturated carbocycles. The van der Waals surface area contributed by atoms with E-state index < -0.39 is 0 Å². The second-order valence-electron chi connectivity index (χ2n) is 12.6. The van der Waals surface area contributed by atoms with Gasteiger partial charge >= 0.3 is 0 Å². The van der Waals surface area contributed by atoms with Crippen molar-refractivity contribution >= 4 is 33.8 Å². The number of allylic oxidation sites excluding steroid dienone is 8. The van der Waals surface area contributed by atoms with Crippen molar-refractivity contribution in [3.05, 3.63) is 212 Å². The Morgan fingerprint density at radius 2 is 1.08 bits per heavy atom. The van der Waals surface area contributed by atoms with Crippen LogP contribution in [0.1, 0.15) is 29.5 Å². The predicted octanol–water partition coefficient (Wildman–Crippen LogP) is 13.2. The molecule has 0 N–H and O–H groups in total. The smallest absolute Gasteiger partial charge is 0.134 e. The monoisotopic (exact) mass is 643 g/mol. The summed E-state index contributed by atoms with van der Waals surface area (Å²) in [5.41, 5.74) is 14.7. The number of hydrogen-bond donors (Lipinski definition) is 0. The first-order valence-electron chi connectivity index (χ1n) is 17.2. The number of nitrogens with zero attached hydrogens (tertiary/aromatic N) is 1. The van der Waals surface area contributed by atoms with Gasteiger partial charge in [-0.2, -0.15) is 0 Å². The van der Waals surface area contributed by atoms with Gasteiger partial charge in [0.1, 0.15) is 5.75 Å². The minimum Gasteiger partial charge on any atom is -0.464 e. The Hall–Kier alpha value is -6.38. The van der Waals surface area contributed by atoms with E-state index in [1.54, 1.807) is 0 Å². The van der Waals surface area contributed by atoms with Crippen molar-refractivity contribution in [3.63, 3.8) is 0 Å². The van der Waals surface area contributed by atoms with Crippen molar-refractivity contribution in [2.75, 3.05) is 4.90 Å². The maximum Gasteiger partial charge on any atom is 0.134 e. The van der Waals surface area contributed by atoms with Crippen LogP contribution in [0.4, 0.5) is 17.1 Å². The molecule has 2 nitrogen and oxygen atoms in total. The molecule has 50 heavy (non-hydrogen) atoms. The lowest BCUT2D eigenvalue weighted by atomic mass is 9.95. The summed E-state index contributed by atoms with van der Waals surface area (Å²) in [4.78, 5) is 2.32. The summed E-state index contributed by atoms with van der Waals surface area (Å²) >= 11 is 0. The Kier molecular flexibility index (Phi) is 8.66. The highest BCUT2D eigenvalue weighted by atomic mass is 16.5. The average Bonchev–Trinajstić information content (AvgIpc) is 3.19. The number of para-hydroxylation sites is 1. The Morgan fingerprint density at radius 1 is 0.520 bits per heavy atom. The zero-order chi connectivity index (χ0) is 33.7. The number of ether oxygens (including phenoxy) is 1. The molecule has 6 aromatic rings. The first kappa shape index (κ1) is 30.9. The third-order valence-corrected chi connectivity index (χ3v) is 9.41. The summed E-state index contributed by atoms with van der Waals surface area (Å²) in [5, 5.41) is 0. The molecular formula is C48H37NO. The van der Waals surface area contributed by atoms with Crippen molar-refractivity contribution in [2.24, 2.45) is 0 Å². The lowest BCUT2D eigenvalue weighted by Crippen LogP contribution is -2.09. The lowest BCUT2D eigenvalue weighted by Gasteiger charge is -2.26. The first-order valence-corrected chi connectivity index (χ1v) is 17.2. The molecular weight excluding hydrogens is 607 g/mol. The standard InChI is InChI=1S/C48H37NO/c1-35-17-18-43(37-13-7-3-8-14-37)34-50-48-32-27-42(33-47(35)48)41-21-19-38(20-22-41)40-25-30-46(31-26-40)49(44-15-9-4-10-16-44)45-28-23-39(24-29-45)36-11-5-2-6-12-36/h2-5,7-11,13-34H,1,6,12H2/b18-17-,43-34+. The number of benzene rings is 6. The molecule has 1 heterocycles. The fourth-order valence-corrected chi connectivity index (χ4v) is 6.65. The van der Waals surface area contributed by atoms with Crippen molar-refractivity contribution in [2.45, 2.75) is 12.8 Å². The number of fused-ring (bicyclic) bond motifs is 1. The van der Waals surface area contributed by atoms with Gasteiger partial charge in [0.05, 0.1) is 6.26 Å². The van der Waals surface area contributed by atoms with Gasteiger partial charge in [-0.1, -0.05) is 140 Å². The SMILES string of the molecule is C=C1/C=C\C(c2ccccc2)=C/Oc2ccc(-c3ccc(-c4ccc(N(c5ccccc5)c5ccc(C6=CC=CCC6)cc5)cc4)cc3)cc21. The van der Waals surface area contributed by atoms with Crippen molar-refractivity contribution < 1.29 is 4.74 Å². The summed E-state index contributed by atoms with van der Waals surface area (Å²) in [6.45, 7) is 4.35.